The van der Waals surface area contributed by atoms with Crippen molar-refractivity contribution in [2.75, 3.05) is 0 Å². The SMILES string of the molecule is CCC(CC(C)c1ccc(O)cc1)c1ccc(Oc2c3ccccc3cc3ccccc23)cc1. The van der Waals surface area contributed by atoms with E-state index in [1.165, 1.54) is 21.9 Å². The highest BCUT2D eigenvalue weighted by Crippen LogP contribution is 2.38. The summed E-state index contributed by atoms with van der Waals surface area (Å²) < 4.78 is 6.51. The maximum Gasteiger partial charge on any atom is 0.143 e. The Morgan fingerprint density at radius 3 is 1.85 bits per heavy atom. The normalized spacial score (nSPS) is 13.1. The summed E-state index contributed by atoms with van der Waals surface area (Å²) >= 11 is 0. The molecule has 170 valence electrons. The molecule has 0 saturated heterocycles. The zero-order valence-electron chi connectivity index (χ0n) is 19.7. The van der Waals surface area contributed by atoms with Crippen molar-refractivity contribution >= 4 is 21.5 Å². The number of rotatable bonds is 7. The van der Waals surface area contributed by atoms with Gasteiger partial charge in [-0.1, -0.05) is 86.6 Å². The van der Waals surface area contributed by atoms with Gasteiger partial charge in [-0.2, -0.15) is 0 Å². The fourth-order valence-corrected chi connectivity index (χ4v) is 4.91. The van der Waals surface area contributed by atoms with Crippen LogP contribution in [0.5, 0.6) is 17.2 Å². The highest BCUT2D eigenvalue weighted by atomic mass is 16.5. The van der Waals surface area contributed by atoms with Gasteiger partial charge in [0.25, 0.3) is 0 Å². The van der Waals surface area contributed by atoms with Crippen LogP contribution in [-0.4, -0.2) is 5.11 Å². The maximum absolute atomic E-state index is 9.58. The third kappa shape index (κ3) is 4.49. The van der Waals surface area contributed by atoms with E-state index in [0.29, 0.717) is 17.6 Å². The first kappa shape index (κ1) is 22.0. The van der Waals surface area contributed by atoms with Crippen molar-refractivity contribution in [3.63, 3.8) is 0 Å². The molecule has 0 saturated carbocycles. The second-order valence-electron chi connectivity index (χ2n) is 9.15. The number of phenolic OH excluding ortho intramolecular Hbond substituents is 1. The molecule has 0 bridgehead atoms. The fraction of sp³-hybridized carbons (Fsp3) is 0.188. The molecule has 2 heteroatoms. The molecular weight excluding hydrogens is 416 g/mol. The molecule has 0 fully saturated rings. The van der Waals surface area contributed by atoms with Gasteiger partial charge in [0.2, 0.25) is 0 Å². The zero-order chi connectivity index (χ0) is 23.5. The first-order chi connectivity index (χ1) is 16.6. The van der Waals surface area contributed by atoms with Crippen molar-refractivity contribution in [2.45, 2.75) is 38.5 Å². The van der Waals surface area contributed by atoms with Crippen LogP contribution in [0.25, 0.3) is 21.5 Å². The van der Waals surface area contributed by atoms with Crippen molar-refractivity contribution < 1.29 is 9.84 Å². The van der Waals surface area contributed by atoms with E-state index in [1.807, 2.05) is 12.1 Å². The van der Waals surface area contributed by atoms with Crippen molar-refractivity contribution in [3.8, 4) is 17.2 Å². The molecule has 0 spiro atoms. The van der Waals surface area contributed by atoms with Crippen LogP contribution in [0.2, 0.25) is 0 Å². The lowest BCUT2D eigenvalue weighted by molar-refractivity contribution is 0.474. The summed E-state index contributed by atoms with van der Waals surface area (Å²) in [5, 5.41) is 14.2. The molecule has 2 atom stereocenters. The molecule has 34 heavy (non-hydrogen) atoms. The van der Waals surface area contributed by atoms with E-state index in [1.54, 1.807) is 12.1 Å². The highest BCUT2D eigenvalue weighted by Gasteiger charge is 2.16. The number of hydrogen-bond donors (Lipinski definition) is 1. The maximum atomic E-state index is 9.58. The van der Waals surface area contributed by atoms with Gasteiger partial charge in [-0.15, -0.1) is 0 Å². The molecule has 5 aromatic rings. The van der Waals surface area contributed by atoms with Crippen LogP contribution in [-0.2, 0) is 0 Å². The van der Waals surface area contributed by atoms with E-state index in [2.05, 4.69) is 92.7 Å². The molecule has 0 aromatic heterocycles. The van der Waals surface area contributed by atoms with E-state index < -0.39 is 0 Å². The molecule has 0 amide bonds. The minimum atomic E-state index is 0.317. The van der Waals surface area contributed by atoms with E-state index in [4.69, 9.17) is 4.74 Å². The summed E-state index contributed by atoms with van der Waals surface area (Å²) in [5.74, 6) is 2.97. The lowest BCUT2D eigenvalue weighted by atomic mass is 9.84. The number of aromatic hydroxyl groups is 1. The molecule has 2 nitrogen and oxygen atoms in total. The smallest absolute Gasteiger partial charge is 0.143 e. The topological polar surface area (TPSA) is 29.5 Å². The molecule has 1 N–H and O–H groups in total. The van der Waals surface area contributed by atoms with E-state index in [0.717, 1.165) is 35.1 Å². The average Bonchev–Trinajstić information content (AvgIpc) is 2.88. The fourth-order valence-electron chi connectivity index (χ4n) is 4.91. The van der Waals surface area contributed by atoms with Gasteiger partial charge < -0.3 is 9.84 Å². The summed E-state index contributed by atoms with van der Waals surface area (Å²) in [4.78, 5) is 0. The van der Waals surface area contributed by atoms with Crippen LogP contribution in [0.15, 0.2) is 103 Å². The van der Waals surface area contributed by atoms with E-state index in [9.17, 15) is 5.11 Å². The Hall–Kier alpha value is -3.78. The monoisotopic (exact) mass is 446 g/mol. The van der Waals surface area contributed by atoms with Crippen molar-refractivity contribution in [3.05, 3.63) is 114 Å². The van der Waals surface area contributed by atoms with Gasteiger partial charge in [-0.05, 0) is 76.9 Å². The summed E-state index contributed by atoms with van der Waals surface area (Å²) in [5.41, 5.74) is 2.60. The van der Waals surface area contributed by atoms with Crippen LogP contribution in [0, 0.1) is 0 Å². The second kappa shape index (κ2) is 9.61. The molecule has 5 rings (SSSR count). The predicted molar refractivity (Wildman–Crippen MR) is 142 cm³/mol. The van der Waals surface area contributed by atoms with Gasteiger partial charge in [0.05, 0.1) is 0 Å². The van der Waals surface area contributed by atoms with Crippen LogP contribution < -0.4 is 4.74 Å². The Bertz CT molecular complexity index is 1350. The lowest BCUT2D eigenvalue weighted by Gasteiger charge is -2.21. The summed E-state index contributed by atoms with van der Waals surface area (Å²) in [6, 6.07) is 35.2. The molecule has 0 aliphatic heterocycles. The largest absolute Gasteiger partial charge is 0.508 e. The Morgan fingerprint density at radius 2 is 1.26 bits per heavy atom. The van der Waals surface area contributed by atoms with Gasteiger partial charge in [0.15, 0.2) is 0 Å². The van der Waals surface area contributed by atoms with Crippen LogP contribution >= 0.6 is 0 Å². The molecule has 0 aliphatic rings. The quantitative estimate of drug-likeness (QED) is 0.252. The number of phenols is 1. The molecular formula is C32H30O2. The van der Waals surface area contributed by atoms with Gasteiger partial charge >= 0.3 is 0 Å². The van der Waals surface area contributed by atoms with Crippen molar-refractivity contribution in [2.24, 2.45) is 0 Å². The molecule has 5 aromatic carbocycles. The van der Waals surface area contributed by atoms with Crippen LogP contribution in [0.4, 0.5) is 0 Å². The highest BCUT2D eigenvalue weighted by molar-refractivity contribution is 6.05. The first-order valence-electron chi connectivity index (χ1n) is 12.1. The van der Waals surface area contributed by atoms with E-state index >= 15 is 0 Å². The molecule has 0 aliphatic carbocycles. The molecule has 0 radical (unpaired) electrons. The number of fused-ring (bicyclic) bond motifs is 2. The average molecular weight is 447 g/mol. The van der Waals surface area contributed by atoms with Crippen LogP contribution in [0.1, 0.15) is 49.7 Å². The predicted octanol–water partition coefficient (Wildman–Crippen LogP) is 9.18. The second-order valence-corrected chi connectivity index (χ2v) is 9.15. The first-order valence-corrected chi connectivity index (χ1v) is 12.1. The van der Waals surface area contributed by atoms with Crippen LogP contribution in [0.3, 0.4) is 0 Å². The Labute approximate surface area is 201 Å². The third-order valence-corrected chi connectivity index (χ3v) is 6.89. The Balaban J connectivity index is 1.40. The van der Waals surface area contributed by atoms with Crippen molar-refractivity contribution in [1.82, 2.24) is 0 Å². The summed E-state index contributed by atoms with van der Waals surface area (Å²) in [7, 11) is 0. The van der Waals surface area contributed by atoms with Crippen molar-refractivity contribution in [1.29, 1.82) is 0 Å². The molecule has 0 heterocycles. The summed E-state index contributed by atoms with van der Waals surface area (Å²) in [6.07, 6.45) is 2.14. The number of benzene rings is 5. The van der Waals surface area contributed by atoms with Gasteiger partial charge in [0.1, 0.15) is 17.2 Å². The third-order valence-electron chi connectivity index (χ3n) is 6.89. The zero-order valence-corrected chi connectivity index (χ0v) is 19.7. The Morgan fingerprint density at radius 1 is 0.706 bits per heavy atom. The lowest BCUT2D eigenvalue weighted by Crippen LogP contribution is -2.03. The molecule has 2 unspecified atom stereocenters. The van der Waals surface area contributed by atoms with Gasteiger partial charge in [-0.25, -0.2) is 0 Å². The summed E-state index contributed by atoms with van der Waals surface area (Å²) in [6.45, 7) is 4.51. The standard InChI is InChI=1S/C32H30O2/c1-3-23(20-22(2)24-12-16-28(33)17-13-24)25-14-18-29(19-15-25)34-32-30-10-6-4-8-26(30)21-27-9-5-7-11-31(27)32/h4-19,21-23,33H,3,20H2,1-2H3. The Kier molecular flexibility index (Phi) is 6.22. The van der Waals surface area contributed by atoms with Gasteiger partial charge in [-0.3, -0.25) is 0 Å². The minimum Gasteiger partial charge on any atom is -0.508 e. The van der Waals surface area contributed by atoms with E-state index in [-0.39, 0.29) is 0 Å². The number of ether oxygens (including phenoxy) is 1. The minimum absolute atomic E-state index is 0.317. The number of hydrogen-bond acceptors (Lipinski definition) is 2. The van der Waals surface area contributed by atoms with Gasteiger partial charge in [0, 0.05) is 10.8 Å².